The number of anilines is 2. The van der Waals surface area contributed by atoms with E-state index in [0.29, 0.717) is 31.1 Å². The zero-order chi connectivity index (χ0) is 21.9. The van der Waals surface area contributed by atoms with E-state index in [4.69, 9.17) is 9.47 Å². The average molecular weight is 426 g/mol. The molecule has 2 N–H and O–H groups in total. The Hall–Kier alpha value is -3.06. The standard InChI is InChI=1S/C24H31N3O4/c1-2-30-16-17-31-22-12-10-21(11-13-22)26-23(28)18-25-20-8-6-19(7-9-20)24(29)27-14-4-3-5-15-27/h6-13,25H,2-5,14-18H2,1H3,(H,26,28). The number of ether oxygens (including phenoxy) is 2. The molecule has 2 aromatic carbocycles. The highest BCUT2D eigenvalue weighted by Gasteiger charge is 2.17. The van der Waals surface area contributed by atoms with Gasteiger partial charge in [-0.05, 0) is 74.7 Å². The molecule has 1 saturated heterocycles. The van der Waals surface area contributed by atoms with Gasteiger partial charge in [0.05, 0.1) is 13.2 Å². The van der Waals surface area contributed by atoms with Gasteiger partial charge in [-0.15, -0.1) is 0 Å². The molecule has 7 heteroatoms. The van der Waals surface area contributed by atoms with Crippen molar-refractivity contribution in [2.45, 2.75) is 26.2 Å². The van der Waals surface area contributed by atoms with E-state index in [-0.39, 0.29) is 18.4 Å². The largest absolute Gasteiger partial charge is 0.491 e. The van der Waals surface area contributed by atoms with E-state index >= 15 is 0 Å². The minimum Gasteiger partial charge on any atom is -0.491 e. The molecule has 0 radical (unpaired) electrons. The van der Waals surface area contributed by atoms with Gasteiger partial charge in [0.15, 0.2) is 0 Å². The fourth-order valence-electron chi connectivity index (χ4n) is 3.40. The predicted octanol–water partition coefficient (Wildman–Crippen LogP) is 3.78. The molecule has 7 nitrogen and oxygen atoms in total. The number of carbonyl (C=O) groups excluding carboxylic acids is 2. The van der Waals surface area contributed by atoms with Gasteiger partial charge < -0.3 is 25.0 Å². The van der Waals surface area contributed by atoms with Crippen molar-refractivity contribution in [3.63, 3.8) is 0 Å². The van der Waals surface area contributed by atoms with Gasteiger partial charge in [-0.25, -0.2) is 0 Å². The Morgan fingerprint density at radius 3 is 2.26 bits per heavy atom. The maximum atomic E-state index is 12.5. The average Bonchev–Trinajstić information content (AvgIpc) is 2.82. The summed E-state index contributed by atoms with van der Waals surface area (Å²) in [7, 11) is 0. The van der Waals surface area contributed by atoms with Crippen LogP contribution in [0, 0.1) is 0 Å². The second-order valence-electron chi connectivity index (χ2n) is 7.40. The zero-order valence-corrected chi connectivity index (χ0v) is 18.1. The lowest BCUT2D eigenvalue weighted by molar-refractivity contribution is -0.114. The number of amides is 2. The molecule has 2 amide bonds. The van der Waals surface area contributed by atoms with E-state index in [2.05, 4.69) is 10.6 Å². The van der Waals surface area contributed by atoms with Crippen LogP contribution in [0.5, 0.6) is 5.75 Å². The number of rotatable bonds is 10. The molecule has 0 unspecified atom stereocenters. The van der Waals surface area contributed by atoms with E-state index in [9.17, 15) is 9.59 Å². The Balaban J connectivity index is 1.41. The minimum absolute atomic E-state index is 0.0781. The molecule has 1 aliphatic rings. The highest BCUT2D eigenvalue weighted by Crippen LogP contribution is 2.17. The first-order valence-electron chi connectivity index (χ1n) is 10.9. The van der Waals surface area contributed by atoms with E-state index in [1.54, 1.807) is 24.3 Å². The molecule has 1 aliphatic heterocycles. The second-order valence-corrected chi connectivity index (χ2v) is 7.40. The van der Waals surface area contributed by atoms with Gasteiger partial charge in [0.25, 0.3) is 5.91 Å². The van der Waals surface area contributed by atoms with Crippen LogP contribution in [0.15, 0.2) is 48.5 Å². The van der Waals surface area contributed by atoms with Gasteiger partial charge >= 0.3 is 0 Å². The molecule has 0 saturated carbocycles. The molecule has 3 rings (SSSR count). The number of piperidine rings is 1. The molecule has 0 bridgehead atoms. The zero-order valence-electron chi connectivity index (χ0n) is 18.1. The van der Waals surface area contributed by atoms with E-state index in [0.717, 1.165) is 37.4 Å². The van der Waals surface area contributed by atoms with Crippen LogP contribution in [0.2, 0.25) is 0 Å². The molecule has 0 spiro atoms. The van der Waals surface area contributed by atoms with Crippen molar-refractivity contribution in [2.24, 2.45) is 0 Å². The maximum absolute atomic E-state index is 12.5. The summed E-state index contributed by atoms with van der Waals surface area (Å²) in [5.74, 6) is 0.655. The molecule has 166 valence electrons. The number of hydrogen-bond donors (Lipinski definition) is 2. The summed E-state index contributed by atoms with van der Waals surface area (Å²) in [6.07, 6.45) is 3.34. The van der Waals surface area contributed by atoms with Gasteiger partial charge in [-0.1, -0.05) is 0 Å². The number of hydrogen-bond acceptors (Lipinski definition) is 5. The molecule has 0 aromatic heterocycles. The molecular weight excluding hydrogens is 394 g/mol. The fourth-order valence-corrected chi connectivity index (χ4v) is 3.40. The molecule has 1 fully saturated rings. The van der Waals surface area contributed by atoms with Crippen LogP contribution in [0.1, 0.15) is 36.5 Å². The minimum atomic E-state index is -0.154. The lowest BCUT2D eigenvalue weighted by atomic mass is 10.1. The van der Waals surface area contributed by atoms with Gasteiger partial charge in [-0.2, -0.15) is 0 Å². The van der Waals surface area contributed by atoms with Crippen LogP contribution in [0.4, 0.5) is 11.4 Å². The lowest BCUT2D eigenvalue weighted by Gasteiger charge is -2.26. The first kappa shape index (κ1) is 22.6. The van der Waals surface area contributed by atoms with Gasteiger partial charge in [0, 0.05) is 36.6 Å². The molecule has 0 aliphatic carbocycles. The first-order valence-corrected chi connectivity index (χ1v) is 10.9. The van der Waals surface area contributed by atoms with Crippen molar-refractivity contribution in [2.75, 3.05) is 50.1 Å². The molecule has 0 atom stereocenters. The van der Waals surface area contributed by atoms with Crippen LogP contribution in [-0.4, -0.2) is 56.2 Å². The Kier molecular flexibility index (Phi) is 8.72. The van der Waals surface area contributed by atoms with Crippen LogP contribution in [-0.2, 0) is 9.53 Å². The fraction of sp³-hybridized carbons (Fsp3) is 0.417. The monoisotopic (exact) mass is 425 g/mol. The molecular formula is C24H31N3O4. The Morgan fingerprint density at radius 2 is 1.58 bits per heavy atom. The van der Waals surface area contributed by atoms with Crippen LogP contribution >= 0.6 is 0 Å². The quantitative estimate of drug-likeness (QED) is 0.567. The number of nitrogens with one attached hydrogen (secondary N) is 2. The summed E-state index contributed by atoms with van der Waals surface area (Å²) in [6.45, 7) is 5.45. The Labute approximate surface area is 183 Å². The van der Waals surface area contributed by atoms with Gasteiger partial charge in [-0.3, -0.25) is 9.59 Å². The van der Waals surface area contributed by atoms with Crippen molar-refractivity contribution in [1.82, 2.24) is 4.90 Å². The van der Waals surface area contributed by atoms with Crippen molar-refractivity contribution in [3.8, 4) is 5.75 Å². The van der Waals surface area contributed by atoms with Crippen LogP contribution < -0.4 is 15.4 Å². The summed E-state index contributed by atoms with van der Waals surface area (Å²) >= 11 is 0. The smallest absolute Gasteiger partial charge is 0.253 e. The van der Waals surface area contributed by atoms with Crippen molar-refractivity contribution < 1.29 is 19.1 Å². The molecule has 1 heterocycles. The van der Waals surface area contributed by atoms with Gasteiger partial charge in [0.1, 0.15) is 12.4 Å². The van der Waals surface area contributed by atoms with E-state index < -0.39 is 0 Å². The number of carbonyl (C=O) groups is 2. The topological polar surface area (TPSA) is 79.9 Å². The Bertz CT molecular complexity index is 831. The lowest BCUT2D eigenvalue weighted by Crippen LogP contribution is -2.35. The summed E-state index contributed by atoms with van der Waals surface area (Å²) < 4.78 is 10.8. The van der Waals surface area contributed by atoms with E-state index in [1.807, 2.05) is 36.1 Å². The maximum Gasteiger partial charge on any atom is 0.253 e. The third-order valence-electron chi connectivity index (χ3n) is 5.07. The third-order valence-corrected chi connectivity index (χ3v) is 5.07. The SMILES string of the molecule is CCOCCOc1ccc(NC(=O)CNc2ccc(C(=O)N3CCCCC3)cc2)cc1. The number of likely N-dealkylation sites (tertiary alicyclic amines) is 1. The third kappa shape index (κ3) is 7.29. The van der Waals surface area contributed by atoms with Crippen molar-refractivity contribution in [1.29, 1.82) is 0 Å². The number of nitrogens with zero attached hydrogens (tertiary/aromatic N) is 1. The Morgan fingerprint density at radius 1 is 0.903 bits per heavy atom. The van der Waals surface area contributed by atoms with Crippen LogP contribution in [0.25, 0.3) is 0 Å². The van der Waals surface area contributed by atoms with Crippen molar-refractivity contribution in [3.05, 3.63) is 54.1 Å². The normalized spacial score (nSPS) is 13.5. The van der Waals surface area contributed by atoms with E-state index in [1.165, 1.54) is 6.42 Å². The summed E-state index contributed by atoms with van der Waals surface area (Å²) in [5.41, 5.74) is 2.18. The second kappa shape index (κ2) is 12.0. The summed E-state index contributed by atoms with van der Waals surface area (Å²) in [5, 5.41) is 5.93. The van der Waals surface area contributed by atoms with Crippen LogP contribution in [0.3, 0.4) is 0 Å². The molecule has 2 aromatic rings. The first-order chi connectivity index (χ1) is 15.2. The highest BCUT2D eigenvalue weighted by molar-refractivity contribution is 5.95. The van der Waals surface area contributed by atoms with Gasteiger partial charge in [0.2, 0.25) is 5.91 Å². The summed E-state index contributed by atoms with van der Waals surface area (Å²) in [6, 6.07) is 14.5. The summed E-state index contributed by atoms with van der Waals surface area (Å²) in [4.78, 5) is 26.6. The van der Waals surface area contributed by atoms with Crippen molar-refractivity contribution >= 4 is 23.2 Å². The highest BCUT2D eigenvalue weighted by atomic mass is 16.5. The predicted molar refractivity (Wildman–Crippen MR) is 122 cm³/mol. The number of benzene rings is 2. The molecule has 31 heavy (non-hydrogen) atoms.